The maximum absolute atomic E-state index is 5.92. The van der Waals surface area contributed by atoms with Gasteiger partial charge in [0, 0.05) is 12.6 Å². The standard InChI is InChI=1S/C23H30N2O/c1-22(2,3)15-13-16(20(26-8)17(14-15)23(4,5)6)21-24-18-11-9-10-12-19(18)25(21)7/h9-14H,1-8H3. The Morgan fingerprint density at radius 2 is 1.58 bits per heavy atom. The molecule has 2 aromatic carbocycles. The van der Waals surface area contributed by atoms with Crippen molar-refractivity contribution in [2.45, 2.75) is 52.4 Å². The van der Waals surface area contributed by atoms with Crippen LogP contribution in [0.3, 0.4) is 0 Å². The number of fused-ring (bicyclic) bond motifs is 1. The van der Waals surface area contributed by atoms with Crippen LogP contribution in [0, 0.1) is 0 Å². The first-order valence-corrected chi connectivity index (χ1v) is 9.19. The van der Waals surface area contributed by atoms with Crippen LogP contribution in [0.4, 0.5) is 0 Å². The third-order valence-electron chi connectivity index (χ3n) is 5.00. The zero-order valence-corrected chi connectivity index (χ0v) is 17.3. The summed E-state index contributed by atoms with van der Waals surface area (Å²) in [5, 5.41) is 0. The van der Waals surface area contributed by atoms with E-state index in [4.69, 9.17) is 9.72 Å². The zero-order chi connectivity index (χ0) is 19.3. The Bertz CT molecular complexity index is 953. The van der Waals surface area contributed by atoms with Crippen molar-refractivity contribution < 1.29 is 4.74 Å². The van der Waals surface area contributed by atoms with Gasteiger partial charge in [0.25, 0.3) is 0 Å². The predicted octanol–water partition coefficient (Wildman–Crippen LogP) is 5.84. The van der Waals surface area contributed by atoms with Crippen molar-refractivity contribution in [2.75, 3.05) is 7.11 Å². The van der Waals surface area contributed by atoms with E-state index in [0.717, 1.165) is 28.2 Å². The number of para-hydroxylation sites is 2. The van der Waals surface area contributed by atoms with Crippen molar-refractivity contribution in [3.8, 4) is 17.1 Å². The van der Waals surface area contributed by atoms with Gasteiger partial charge in [-0.2, -0.15) is 0 Å². The molecule has 0 amide bonds. The van der Waals surface area contributed by atoms with Crippen LogP contribution < -0.4 is 4.74 Å². The van der Waals surface area contributed by atoms with Gasteiger partial charge in [0.15, 0.2) is 0 Å². The lowest BCUT2D eigenvalue weighted by atomic mass is 9.78. The minimum absolute atomic E-state index is 0.0219. The Hall–Kier alpha value is -2.29. The van der Waals surface area contributed by atoms with Crippen LogP contribution in [0.2, 0.25) is 0 Å². The normalized spacial score (nSPS) is 12.6. The highest BCUT2D eigenvalue weighted by atomic mass is 16.5. The van der Waals surface area contributed by atoms with E-state index >= 15 is 0 Å². The molecule has 0 aliphatic rings. The number of nitrogens with zero attached hydrogens (tertiary/aromatic N) is 2. The number of hydrogen-bond acceptors (Lipinski definition) is 2. The minimum Gasteiger partial charge on any atom is -0.496 e. The highest BCUT2D eigenvalue weighted by molar-refractivity contribution is 5.82. The summed E-state index contributed by atoms with van der Waals surface area (Å²) in [4.78, 5) is 4.92. The summed E-state index contributed by atoms with van der Waals surface area (Å²) < 4.78 is 8.08. The molecule has 0 N–H and O–H groups in total. The fourth-order valence-electron chi connectivity index (χ4n) is 3.39. The summed E-state index contributed by atoms with van der Waals surface area (Å²) in [6.07, 6.45) is 0. The Morgan fingerprint density at radius 3 is 2.12 bits per heavy atom. The average Bonchev–Trinajstić information content (AvgIpc) is 2.89. The van der Waals surface area contributed by atoms with E-state index < -0.39 is 0 Å². The van der Waals surface area contributed by atoms with Gasteiger partial charge in [-0.1, -0.05) is 59.7 Å². The van der Waals surface area contributed by atoms with Crippen molar-refractivity contribution >= 4 is 11.0 Å². The van der Waals surface area contributed by atoms with E-state index in [1.807, 2.05) is 6.07 Å². The van der Waals surface area contributed by atoms with E-state index in [1.165, 1.54) is 11.1 Å². The van der Waals surface area contributed by atoms with Gasteiger partial charge in [0.2, 0.25) is 0 Å². The van der Waals surface area contributed by atoms with Crippen LogP contribution in [0.15, 0.2) is 36.4 Å². The first kappa shape index (κ1) is 18.5. The van der Waals surface area contributed by atoms with Crippen molar-refractivity contribution in [2.24, 2.45) is 7.05 Å². The molecule has 3 nitrogen and oxygen atoms in total. The van der Waals surface area contributed by atoms with Gasteiger partial charge in [-0.25, -0.2) is 4.98 Å². The molecule has 3 heteroatoms. The van der Waals surface area contributed by atoms with Crippen LogP contribution in [-0.2, 0) is 17.9 Å². The minimum atomic E-state index is -0.0219. The largest absolute Gasteiger partial charge is 0.496 e. The SMILES string of the molecule is COc1c(-c2nc3ccccc3n2C)cc(C(C)(C)C)cc1C(C)(C)C. The molecule has 0 unspecified atom stereocenters. The van der Waals surface area contributed by atoms with Crippen molar-refractivity contribution in [1.29, 1.82) is 0 Å². The molecule has 0 spiro atoms. The summed E-state index contributed by atoms with van der Waals surface area (Å²) in [5.41, 5.74) is 5.73. The molecular weight excluding hydrogens is 320 g/mol. The Kier molecular flexibility index (Phi) is 4.38. The van der Waals surface area contributed by atoms with Crippen LogP contribution in [0.1, 0.15) is 52.7 Å². The van der Waals surface area contributed by atoms with E-state index in [9.17, 15) is 0 Å². The number of imidazole rings is 1. The van der Waals surface area contributed by atoms with Gasteiger partial charge in [0.1, 0.15) is 11.6 Å². The van der Waals surface area contributed by atoms with E-state index in [0.29, 0.717) is 0 Å². The Labute approximate surface area is 157 Å². The Balaban J connectivity index is 2.40. The topological polar surface area (TPSA) is 27.1 Å². The summed E-state index contributed by atoms with van der Waals surface area (Å²) in [6, 6.07) is 12.8. The van der Waals surface area contributed by atoms with Crippen LogP contribution >= 0.6 is 0 Å². The Morgan fingerprint density at radius 1 is 0.923 bits per heavy atom. The lowest BCUT2D eigenvalue weighted by molar-refractivity contribution is 0.398. The number of aryl methyl sites for hydroxylation is 1. The van der Waals surface area contributed by atoms with E-state index in [-0.39, 0.29) is 10.8 Å². The third kappa shape index (κ3) is 3.11. The lowest BCUT2D eigenvalue weighted by Gasteiger charge is -2.28. The van der Waals surface area contributed by atoms with Crippen LogP contribution in [-0.4, -0.2) is 16.7 Å². The van der Waals surface area contributed by atoms with E-state index in [1.54, 1.807) is 7.11 Å². The summed E-state index contributed by atoms with van der Waals surface area (Å²) >= 11 is 0. The number of benzene rings is 2. The first-order chi connectivity index (χ1) is 12.0. The zero-order valence-electron chi connectivity index (χ0n) is 17.3. The molecule has 3 aromatic rings. The summed E-state index contributed by atoms with van der Waals surface area (Å²) in [5.74, 6) is 1.86. The van der Waals surface area contributed by atoms with Gasteiger partial charge in [0.05, 0.1) is 23.7 Å². The van der Waals surface area contributed by atoms with Crippen molar-refractivity contribution in [3.05, 3.63) is 47.5 Å². The first-order valence-electron chi connectivity index (χ1n) is 9.19. The van der Waals surface area contributed by atoms with Gasteiger partial charge in [-0.05, 0) is 34.6 Å². The fraction of sp³-hybridized carbons (Fsp3) is 0.435. The van der Waals surface area contributed by atoms with Crippen molar-refractivity contribution in [3.63, 3.8) is 0 Å². The predicted molar refractivity (Wildman–Crippen MR) is 110 cm³/mol. The second kappa shape index (κ2) is 6.15. The molecule has 1 heterocycles. The van der Waals surface area contributed by atoms with Crippen molar-refractivity contribution in [1.82, 2.24) is 9.55 Å². The number of rotatable bonds is 2. The summed E-state index contributed by atoms with van der Waals surface area (Å²) in [7, 11) is 3.83. The molecule has 26 heavy (non-hydrogen) atoms. The maximum Gasteiger partial charge on any atom is 0.144 e. The quantitative estimate of drug-likeness (QED) is 0.580. The van der Waals surface area contributed by atoms with Crippen LogP contribution in [0.25, 0.3) is 22.4 Å². The summed E-state index contributed by atoms with van der Waals surface area (Å²) in [6.45, 7) is 13.4. The molecule has 0 saturated carbocycles. The molecule has 1 aromatic heterocycles. The average molecular weight is 351 g/mol. The fourth-order valence-corrected chi connectivity index (χ4v) is 3.39. The second-order valence-electron chi connectivity index (χ2n) is 9.09. The number of aromatic nitrogens is 2. The smallest absolute Gasteiger partial charge is 0.144 e. The lowest BCUT2D eigenvalue weighted by Crippen LogP contribution is -2.18. The molecule has 3 rings (SSSR count). The number of ether oxygens (including phenoxy) is 1. The van der Waals surface area contributed by atoms with Gasteiger partial charge < -0.3 is 9.30 Å². The molecule has 0 aliphatic heterocycles. The molecule has 0 bridgehead atoms. The number of methoxy groups -OCH3 is 1. The van der Waals surface area contributed by atoms with Gasteiger partial charge in [-0.3, -0.25) is 0 Å². The van der Waals surface area contributed by atoms with Crippen LogP contribution in [0.5, 0.6) is 5.75 Å². The molecule has 0 atom stereocenters. The second-order valence-corrected chi connectivity index (χ2v) is 9.09. The molecule has 0 fully saturated rings. The monoisotopic (exact) mass is 350 g/mol. The number of hydrogen-bond donors (Lipinski definition) is 0. The van der Waals surface area contributed by atoms with Gasteiger partial charge >= 0.3 is 0 Å². The molecule has 0 radical (unpaired) electrons. The molecule has 0 aliphatic carbocycles. The highest BCUT2D eigenvalue weighted by Crippen LogP contribution is 2.42. The third-order valence-corrected chi connectivity index (χ3v) is 5.00. The molecule has 138 valence electrons. The maximum atomic E-state index is 5.92. The van der Waals surface area contributed by atoms with Gasteiger partial charge in [-0.15, -0.1) is 0 Å². The molecular formula is C23H30N2O. The highest BCUT2D eigenvalue weighted by Gasteiger charge is 2.27. The molecule has 0 saturated heterocycles. The van der Waals surface area contributed by atoms with E-state index in [2.05, 4.69) is 83.5 Å².